The summed E-state index contributed by atoms with van der Waals surface area (Å²) in [5.41, 5.74) is 2.02. The van der Waals surface area contributed by atoms with E-state index in [1.807, 2.05) is 30.5 Å². The van der Waals surface area contributed by atoms with Crippen LogP contribution in [0.5, 0.6) is 0 Å². The van der Waals surface area contributed by atoms with Crippen molar-refractivity contribution in [1.29, 1.82) is 0 Å². The van der Waals surface area contributed by atoms with Gasteiger partial charge >= 0.3 is 0 Å². The van der Waals surface area contributed by atoms with Crippen molar-refractivity contribution in [3.05, 3.63) is 41.2 Å². The molecular weight excluding hydrogens is 306 g/mol. The maximum Gasteiger partial charge on any atom is 0.246 e. The minimum atomic E-state index is -3.54. The Kier molecular flexibility index (Phi) is 4.75. The van der Waals surface area contributed by atoms with Gasteiger partial charge in [0.05, 0.1) is 11.4 Å². The second kappa shape index (κ2) is 6.21. The number of H-pyrrole nitrogens is 1. The molecule has 2 aromatic rings. The van der Waals surface area contributed by atoms with Crippen LogP contribution in [0.3, 0.4) is 0 Å². The normalized spacial score (nSPS) is 12.0. The molecule has 2 rings (SSSR count). The van der Waals surface area contributed by atoms with Crippen LogP contribution in [0.25, 0.3) is 0 Å². The van der Waals surface area contributed by atoms with Gasteiger partial charge in [-0.2, -0.15) is 9.40 Å². The molecule has 0 fully saturated rings. The molecule has 7 heteroatoms. The average Bonchev–Trinajstić information content (AvgIpc) is 2.79. The van der Waals surface area contributed by atoms with Crippen LogP contribution < -0.4 is 0 Å². The fourth-order valence-electron chi connectivity index (χ4n) is 2.15. The van der Waals surface area contributed by atoms with Gasteiger partial charge in [0.15, 0.2) is 0 Å². The molecule has 0 amide bonds. The van der Waals surface area contributed by atoms with E-state index < -0.39 is 10.0 Å². The number of nitrogens with zero attached hydrogens (tertiary/aromatic N) is 2. The zero-order valence-electron chi connectivity index (χ0n) is 12.5. The van der Waals surface area contributed by atoms with Crippen LogP contribution in [-0.4, -0.2) is 36.2 Å². The lowest BCUT2D eigenvalue weighted by atomic mass is 10.2. The Bertz CT molecular complexity index is 702. The second-order valence-electron chi connectivity index (χ2n) is 4.87. The fourth-order valence-corrected chi connectivity index (χ4v) is 4.04. The zero-order valence-corrected chi connectivity index (χ0v) is 14.2. The lowest BCUT2D eigenvalue weighted by Crippen LogP contribution is -2.27. The lowest BCUT2D eigenvalue weighted by molar-refractivity contribution is 0.466. The van der Waals surface area contributed by atoms with Gasteiger partial charge in [-0.15, -0.1) is 11.8 Å². The highest BCUT2D eigenvalue weighted by molar-refractivity contribution is 7.98. The van der Waals surface area contributed by atoms with E-state index in [0.29, 0.717) is 17.9 Å². The van der Waals surface area contributed by atoms with Crippen molar-refractivity contribution in [3.63, 3.8) is 0 Å². The third kappa shape index (κ3) is 3.30. The molecule has 0 saturated carbocycles. The molecule has 0 aliphatic carbocycles. The first-order valence-electron chi connectivity index (χ1n) is 6.47. The molecule has 0 aliphatic rings. The van der Waals surface area contributed by atoms with E-state index in [2.05, 4.69) is 10.2 Å². The van der Waals surface area contributed by atoms with E-state index in [-0.39, 0.29) is 4.90 Å². The van der Waals surface area contributed by atoms with Crippen molar-refractivity contribution in [2.75, 3.05) is 13.3 Å². The number of hydrogen-bond acceptors (Lipinski definition) is 4. The van der Waals surface area contributed by atoms with Crippen molar-refractivity contribution < 1.29 is 8.42 Å². The summed E-state index contributed by atoms with van der Waals surface area (Å²) in [5.74, 6) is 0. The largest absolute Gasteiger partial charge is 0.281 e. The van der Waals surface area contributed by atoms with Gasteiger partial charge in [0.25, 0.3) is 0 Å². The molecule has 21 heavy (non-hydrogen) atoms. The Labute approximate surface area is 129 Å². The smallest absolute Gasteiger partial charge is 0.246 e. The summed E-state index contributed by atoms with van der Waals surface area (Å²) in [5, 5.41) is 6.68. The van der Waals surface area contributed by atoms with Gasteiger partial charge in [-0.3, -0.25) is 5.10 Å². The van der Waals surface area contributed by atoms with Gasteiger partial charge in [0.1, 0.15) is 4.90 Å². The van der Waals surface area contributed by atoms with Crippen LogP contribution in [0.1, 0.15) is 17.0 Å². The highest BCUT2D eigenvalue weighted by Gasteiger charge is 2.26. The summed E-state index contributed by atoms with van der Waals surface area (Å²) in [7, 11) is -1.95. The second-order valence-corrected chi connectivity index (χ2v) is 7.73. The van der Waals surface area contributed by atoms with Crippen LogP contribution in [0.2, 0.25) is 0 Å². The number of rotatable bonds is 5. The molecule has 0 aliphatic heterocycles. The van der Waals surface area contributed by atoms with Gasteiger partial charge in [-0.05, 0) is 37.8 Å². The average molecular weight is 325 g/mol. The van der Waals surface area contributed by atoms with Crippen LogP contribution in [0, 0.1) is 13.8 Å². The third-order valence-corrected chi connectivity index (χ3v) is 6.10. The Balaban J connectivity index is 2.24. The van der Waals surface area contributed by atoms with Gasteiger partial charge in [-0.25, -0.2) is 8.42 Å². The van der Waals surface area contributed by atoms with Gasteiger partial charge < -0.3 is 0 Å². The molecule has 114 valence electrons. The summed E-state index contributed by atoms with van der Waals surface area (Å²) in [6.45, 7) is 3.74. The quantitative estimate of drug-likeness (QED) is 0.858. The van der Waals surface area contributed by atoms with Crippen molar-refractivity contribution >= 4 is 21.8 Å². The van der Waals surface area contributed by atoms with Crippen molar-refractivity contribution in [2.24, 2.45) is 0 Å². The molecule has 0 radical (unpaired) electrons. The minimum Gasteiger partial charge on any atom is -0.281 e. The monoisotopic (exact) mass is 325 g/mol. The molecule has 1 aromatic carbocycles. The van der Waals surface area contributed by atoms with E-state index in [0.717, 1.165) is 10.5 Å². The number of aromatic amines is 1. The molecule has 0 saturated heterocycles. The standard InChI is InChI=1S/C14H19N3O2S2/c1-10-14(11(2)16-15-10)21(18,19)17(3)9-12-5-7-13(20-4)8-6-12/h5-8H,9H2,1-4H3,(H,15,16). The molecule has 0 bridgehead atoms. The van der Waals surface area contributed by atoms with Crippen LogP contribution in [0.15, 0.2) is 34.1 Å². The fraction of sp³-hybridized carbons (Fsp3) is 0.357. The summed E-state index contributed by atoms with van der Waals surface area (Å²) >= 11 is 1.66. The number of sulfonamides is 1. The van der Waals surface area contributed by atoms with Gasteiger partial charge in [0.2, 0.25) is 10.0 Å². The molecule has 0 atom stereocenters. The van der Waals surface area contributed by atoms with Crippen LogP contribution >= 0.6 is 11.8 Å². The van der Waals surface area contributed by atoms with E-state index in [1.54, 1.807) is 32.7 Å². The van der Waals surface area contributed by atoms with E-state index in [1.165, 1.54) is 4.31 Å². The molecule has 1 heterocycles. The van der Waals surface area contributed by atoms with E-state index >= 15 is 0 Å². The topological polar surface area (TPSA) is 66.1 Å². The van der Waals surface area contributed by atoms with Gasteiger partial charge in [-0.1, -0.05) is 12.1 Å². The molecule has 0 unspecified atom stereocenters. The third-order valence-electron chi connectivity index (χ3n) is 3.29. The predicted molar refractivity (Wildman–Crippen MR) is 84.9 cm³/mol. The van der Waals surface area contributed by atoms with Crippen molar-refractivity contribution in [1.82, 2.24) is 14.5 Å². The number of thioether (sulfide) groups is 1. The molecule has 1 aromatic heterocycles. The number of hydrogen-bond donors (Lipinski definition) is 1. The summed E-state index contributed by atoms with van der Waals surface area (Å²) in [6, 6.07) is 7.89. The van der Waals surface area contributed by atoms with E-state index in [9.17, 15) is 8.42 Å². The first-order valence-corrected chi connectivity index (χ1v) is 9.13. The Morgan fingerprint density at radius 3 is 2.33 bits per heavy atom. The molecular formula is C14H19N3O2S2. The molecule has 1 N–H and O–H groups in total. The number of benzene rings is 1. The van der Waals surface area contributed by atoms with Gasteiger partial charge in [0, 0.05) is 18.5 Å². The first kappa shape index (κ1) is 16.1. The Hall–Kier alpha value is -1.31. The van der Waals surface area contributed by atoms with Crippen molar-refractivity contribution in [2.45, 2.75) is 30.2 Å². The number of aryl methyl sites for hydroxylation is 2. The Morgan fingerprint density at radius 1 is 1.24 bits per heavy atom. The molecule has 0 spiro atoms. The van der Waals surface area contributed by atoms with E-state index in [4.69, 9.17) is 0 Å². The first-order chi connectivity index (χ1) is 9.86. The lowest BCUT2D eigenvalue weighted by Gasteiger charge is -2.17. The van der Waals surface area contributed by atoms with Crippen LogP contribution in [-0.2, 0) is 16.6 Å². The zero-order chi connectivity index (χ0) is 15.6. The van der Waals surface area contributed by atoms with Crippen LogP contribution in [0.4, 0.5) is 0 Å². The summed E-state index contributed by atoms with van der Waals surface area (Å²) in [4.78, 5) is 1.43. The minimum absolute atomic E-state index is 0.269. The predicted octanol–water partition coefficient (Wildman–Crippen LogP) is 2.57. The maximum absolute atomic E-state index is 12.6. The highest BCUT2D eigenvalue weighted by atomic mass is 32.2. The maximum atomic E-state index is 12.6. The van der Waals surface area contributed by atoms with Crippen molar-refractivity contribution in [3.8, 4) is 0 Å². The summed E-state index contributed by atoms with van der Waals surface area (Å²) in [6.07, 6.45) is 2.01. The number of nitrogens with one attached hydrogen (secondary N) is 1. The molecule has 5 nitrogen and oxygen atoms in total. The SMILES string of the molecule is CSc1ccc(CN(C)S(=O)(=O)c2c(C)n[nH]c2C)cc1. The highest BCUT2D eigenvalue weighted by Crippen LogP contribution is 2.22. The summed E-state index contributed by atoms with van der Waals surface area (Å²) < 4.78 is 26.6. The number of aromatic nitrogens is 2. The Morgan fingerprint density at radius 2 is 1.86 bits per heavy atom.